The van der Waals surface area contributed by atoms with Gasteiger partial charge in [0.25, 0.3) is 9.05 Å². The molecule has 0 spiro atoms. The second-order valence-electron chi connectivity index (χ2n) is 4.01. The number of methoxy groups -OCH3 is 1. The van der Waals surface area contributed by atoms with E-state index in [-0.39, 0.29) is 10.6 Å². The smallest absolute Gasteiger partial charge is 0.265 e. The van der Waals surface area contributed by atoms with Gasteiger partial charge in [0.2, 0.25) is 0 Å². The van der Waals surface area contributed by atoms with Crippen molar-refractivity contribution < 1.29 is 17.6 Å². The van der Waals surface area contributed by atoms with Crippen LogP contribution in [0, 0.1) is 13.8 Å². The van der Waals surface area contributed by atoms with Gasteiger partial charge in [-0.1, -0.05) is 0 Å². The lowest BCUT2D eigenvalue weighted by molar-refractivity contribution is 0.403. The van der Waals surface area contributed by atoms with Crippen LogP contribution in [-0.4, -0.2) is 20.5 Å². The Hall–Kier alpha value is -1.53. The summed E-state index contributed by atoms with van der Waals surface area (Å²) in [4.78, 5) is 4.09. The highest BCUT2D eigenvalue weighted by atomic mass is 35.7. The third-order valence-electron chi connectivity index (χ3n) is 2.67. The molecular formula is C12H12ClNO4S. The molecule has 1 heterocycles. The predicted molar refractivity (Wildman–Crippen MR) is 71.0 cm³/mol. The molecule has 1 aromatic carbocycles. The largest absolute Gasteiger partial charge is 0.495 e. The predicted octanol–water partition coefficient (Wildman–Crippen LogP) is 2.89. The number of ether oxygens (including phenoxy) is 1. The van der Waals surface area contributed by atoms with Crippen molar-refractivity contribution >= 4 is 19.7 Å². The highest BCUT2D eigenvalue weighted by Gasteiger charge is 2.20. The van der Waals surface area contributed by atoms with Crippen LogP contribution in [0.4, 0.5) is 0 Å². The first-order valence-corrected chi connectivity index (χ1v) is 7.69. The van der Waals surface area contributed by atoms with E-state index in [4.69, 9.17) is 19.8 Å². The fraction of sp³-hybridized carbons (Fsp3) is 0.250. The summed E-state index contributed by atoms with van der Waals surface area (Å²) in [7, 11) is 2.90. The minimum Gasteiger partial charge on any atom is -0.495 e. The molecule has 7 heteroatoms. The molecule has 0 aliphatic heterocycles. The maximum Gasteiger partial charge on any atom is 0.265 e. The van der Waals surface area contributed by atoms with Crippen LogP contribution in [0.5, 0.6) is 5.75 Å². The summed E-state index contributed by atoms with van der Waals surface area (Å²) in [6.07, 6.45) is 1.47. The first kappa shape index (κ1) is 13.9. The molecule has 19 heavy (non-hydrogen) atoms. The minimum atomic E-state index is -3.90. The van der Waals surface area contributed by atoms with Crippen molar-refractivity contribution in [3.8, 4) is 17.0 Å². The Morgan fingerprint density at radius 3 is 2.47 bits per heavy atom. The molecule has 0 aliphatic carbocycles. The lowest BCUT2D eigenvalue weighted by Crippen LogP contribution is -1.98. The molecule has 0 N–H and O–H groups in total. The van der Waals surface area contributed by atoms with Crippen molar-refractivity contribution in [2.75, 3.05) is 7.11 Å². The van der Waals surface area contributed by atoms with Gasteiger partial charge in [-0.3, -0.25) is 0 Å². The van der Waals surface area contributed by atoms with Crippen LogP contribution < -0.4 is 4.74 Å². The highest BCUT2D eigenvalue weighted by molar-refractivity contribution is 8.13. The summed E-state index contributed by atoms with van der Waals surface area (Å²) in [5.41, 5.74) is 2.00. The van der Waals surface area contributed by atoms with E-state index in [1.807, 2.05) is 6.92 Å². The zero-order valence-corrected chi connectivity index (χ0v) is 12.2. The Kier molecular flexibility index (Phi) is 3.56. The molecule has 0 aliphatic rings. The van der Waals surface area contributed by atoms with E-state index in [9.17, 15) is 8.42 Å². The number of benzene rings is 1. The van der Waals surface area contributed by atoms with Gasteiger partial charge in [0.15, 0.2) is 5.89 Å². The zero-order valence-electron chi connectivity index (χ0n) is 10.6. The second-order valence-corrected chi connectivity index (χ2v) is 6.54. The maximum absolute atomic E-state index is 11.6. The van der Waals surface area contributed by atoms with Crippen LogP contribution in [0.15, 0.2) is 27.7 Å². The van der Waals surface area contributed by atoms with Gasteiger partial charge in [0.05, 0.1) is 7.11 Å². The summed E-state index contributed by atoms with van der Waals surface area (Å²) in [6.45, 7) is 3.54. The van der Waals surface area contributed by atoms with Crippen molar-refractivity contribution in [1.29, 1.82) is 0 Å². The van der Waals surface area contributed by atoms with E-state index in [0.29, 0.717) is 17.1 Å². The van der Waals surface area contributed by atoms with Crippen LogP contribution in [-0.2, 0) is 9.05 Å². The number of aromatic nitrogens is 1. The molecule has 0 bridgehead atoms. The van der Waals surface area contributed by atoms with Gasteiger partial charge in [-0.2, -0.15) is 0 Å². The van der Waals surface area contributed by atoms with Gasteiger partial charge in [-0.05, 0) is 24.6 Å². The van der Waals surface area contributed by atoms with Crippen LogP contribution in [0.1, 0.15) is 11.5 Å². The topological polar surface area (TPSA) is 69.4 Å². The molecular weight excluding hydrogens is 290 g/mol. The summed E-state index contributed by atoms with van der Waals surface area (Å²) in [6, 6.07) is 3.04. The number of oxazole rings is 1. The van der Waals surface area contributed by atoms with E-state index < -0.39 is 9.05 Å². The van der Waals surface area contributed by atoms with Crippen LogP contribution >= 0.6 is 10.7 Å². The fourth-order valence-corrected chi connectivity index (χ4v) is 2.78. The quantitative estimate of drug-likeness (QED) is 0.815. The minimum absolute atomic E-state index is 0.0853. The molecule has 2 rings (SSSR count). The van der Waals surface area contributed by atoms with Gasteiger partial charge in [0, 0.05) is 23.2 Å². The number of rotatable bonds is 3. The molecule has 0 atom stereocenters. The summed E-state index contributed by atoms with van der Waals surface area (Å²) in [5.74, 6) is 0.706. The monoisotopic (exact) mass is 301 g/mol. The van der Waals surface area contributed by atoms with Crippen LogP contribution in [0.2, 0.25) is 0 Å². The van der Waals surface area contributed by atoms with E-state index in [2.05, 4.69) is 4.98 Å². The molecule has 0 amide bonds. The normalized spacial score (nSPS) is 11.6. The van der Waals surface area contributed by atoms with Gasteiger partial charge in [0.1, 0.15) is 22.6 Å². The first-order chi connectivity index (χ1) is 8.82. The zero-order chi connectivity index (χ0) is 14.2. The fourth-order valence-electron chi connectivity index (χ4n) is 1.77. The number of aryl methyl sites for hydroxylation is 2. The summed E-state index contributed by atoms with van der Waals surface area (Å²) < 4.78 is 33.3. The third kappa shape index (κ3) is 2.74. The molecule has 0 saturated heterocycles. The van der Waals surface area contributed by atoms with E-state index in [1.54, 1.807) is 13.0 Å². The highest BCUT2D eigenvalue weighted by Crippen LogP contribution is 2.34. The van der Waals surface area contributed by atoms with Crippen molar-refractivity contribution in [1.82, 2.24) is 4.98 Å². The number of hydrogen-bond donors (Lipinski definition) is 0. The molecule has 2 aromatic rings. The summed E-state index contributed by atoms with van der Waals surface area (Å²) >= 11 is 0. The van der Waals surface area contributed by atoms with Crippen molar-refractivity contribution in [2.45, 2.75) is 18.7 Å². The molecule has 5 nitrogen and oxygen atoms in total. The van der Waals surface area contributed by atoms with E-state index in [1.165, 1.54) is 19.4 Å². The van der Waals surface area contributed by atoms with Gasteiger partial charge < -0.3 is 9.15 Å². The third-order valence-corrected chi connectivity index (χ3v) is 4.01. The van der Waals surface area contributed by atoms with Gasteiger partial charge >= 0.3 is 0 Å². The number of nitrogens with zero attached hydrogens (tertiary/aromatic N) is 1. The molecule has 0 fully saturated rings. The summed E-state index contributed by atoms with van der Waals surface area (Å²) in [5, 5.41) is 0. The first-order valence-electron chi connectivity index (χ1n) is 5.38. The van der Waals surface area contributed by atoms with Crippen molar-refractivity contribution in [2.24, 2.45) is 0 Å². The van der Waals surface area contributed by atoms with Crippen LogP contribution in [0.25, 0.3) is 11.3 Å². The Morgan fingerprint density at radius 1 is 1.32 bits per heavy atom. The van der Waals surface area contributed by atoms with Gasteiger partial charge in [-0.15, -0.1) is 0 Å². The van der Waals surface area contributed by atoms with Crippen LogP contribution in [0.3, 0.4) is 0 Å². The second kappa shape index (κ2) is 4.86. The lowest BCUT2D eigenvalue weighted by atomic mass is 10.1. The average Bonchev–Trinajstić information content (AvgIpc) is 2.73. The Balaban J connectivity index is 2.70. The number of hydrogen-bond acceptors (Lipinski definition) is 5. The Morgan fingerprint density at radius 2 is 2.00 bits per heavy atom. The molecule has 0 unspecified atom stereocenters. The maximum atomic E-state index is 11.6. The molecule has 102 valence electrons. The van der Waals surface area contributed by atoms with E-state index in [0.717, 1.165) is 5.56 Å². The Bertz CT molecular complexity index is 721. The van der Waals surface area contributed by atoms with Crippen molar-refractivity contribution in [3.63, 3.8) is 0 Å². The average molecular weight is 302 g/mol. The lowest BCUT2D eigenvalue weighted by Gasteiger charge is -2.10. The number of halogens is 1. The standard InChI is InChI=1S/C12H12ClNO4S/c1-7-4-11(17-3)12(19(13,15)16)5-9(7)10-6-18-8(2)14-10/h4-6H,1-3H3. The van der Waals surface area contributed by atoms with Crippen molar-refractivity contribution in [3.05, 3.63) is 29.9 Å². The SMILES string of the molecule is COc1cc(C)c(-c2coc(C)n2)cc1S(=O)(=O)Cl. The molecule has 0 radical (unpaired) electrons. The van der Waals surface area contributed by atoms with Gasteiger partial charge in [-0.25, -0.2) is 13.4 Å². The Labute approximate surface area is 115 Å². The van der Waals surface area contributed by atoms with E-state index >= 15 is 0 Å². The molecule has 0 saturated carbocycles. The molecule has 1 aromatic heterocycles.